The van der Waals surface area contributed by atoms with Crippen LogP contribution in [0.1, 0.15) is 26.3 Å². The van der Waals surface area contributed by atoms with Gasteiger partial charge in [0.2, 0.25) is 0 Å². The van der Waals surface area contributed by atoms with E-state index in [1.807, 2.05) is 0 Å². The van der Waals surface area contributed by atoms with Crippen LogP contribution in [0.2, 0.25) is 0 Å². The second-order valence-electron chi connectivity index (χ2n) is 5.66. The van der Waals surface area contributed by atoms with Gasteiger partial charge in [-0.15, -0.1) is 0 Å². The lowest BCUT2D eigenvalue weighted by molar-refractivity contribution is 0.122. The molecule has 3 heteroatoms. The first-order valence-corrected chi connectivity index (χ1v) is 6.20. The van der Waals surface area contributed by atoms with Crippen LogP contribution in [0.5, 0.6) is 0 Å². The zero-order valence-electron chi connectivity index (χ0n) is 11.0. The van der Waals surface area contributed by atoms with E-state index in [0.29, 0.717) is 0 Å². The number of benzene rings is 1. The van der Waals surface area contributed by atoms with E-state index in [1.165, 1.54) is 11.3 Å². The molecule has 0 spiro atoms. The molecule has 0 bridgehead atoms. The van der Waals surface area contributed by atoms with Crippen molar-refractivity contribution in [2.45, 2.75) is 26.2 Å². The van der Waals surface area contributed by atoms with Crippen LogP contribution in [0.15, 0.2) is 18.2 Å². The van der Waals surface area contributed by atoms with Gasteiger partial charge >= 0.3 is 0 Å². The Bertz CT molecular complexity index is 390. The summed E-state index contributed by atoms with van der Waals surface area (Å²) in [5, 5.41) is 0. The smallest absolute Gasteiger partial charge is 0.0642 e. The highest BCUT2D eigenvalue weighted by atomic mass is 16.5. The number of nitrogens with zero attached hydrogens (tertiary/aromatic N) is 1. The SMILES string of the molecule is CC(C)(C)c1cc(N)cc(N2CCOCC2)c1. The van der Waals surface area contributed by atoms with E-state index in [4.69, 9.17) is 10.5 Å². The van der Waals surface area contributed by atoms with Gasteiger partial charge in [-0.1, -0.05) is 20.8 Å². The number of morpholine rings is 1. The lowest BCUT2D eigenvalue weighted by Gasteiger charge is -2.30. The Balaban J connectivity index is 2.31. The number of ether oxygens (including phenoxy) is 1. The maximum atomic E-state index is 6.00. The Morgan fingerprint density at radius 2 is 1.76 bits per heavy atom. The molecule has 0 saturated carbocycles. The average molecular weight is 234 g/mol. The van der Waals surface area contributed by atoms with Crippen LogP contribution >= 0.6 is 0 Å². The van der Waals surface area contributed by atoms with E-state index in [2.05, 4.69) is 43.9 Å². The molecule has 1 aromatic rings. The van der Waals surface area contributed by atoms with Crippen molar-refractivity contribution in [1.82, 2.24) is 0 Å². The molecule has 2 N–H and O–H groups in total. The van der Waals surface area contributed by atoms with Crippen molar-refractivity contribution < 1.29 is 4.74 Å². The largest absolute Gasteiger partial charge is 0.399 e. The van der Waals surface area contributed by atoms with Crippen molar-refractivity contribution in [2.75, 3.05) is 36.9 Å². The molecule has 1 saturated heterocycles. The van der Waals surface area contributed by atoms with Crippen molar-refractivity contribution >= 4 is 11.4 Å². The fourth-order valence-electron chi connectivity index (χ4n) is 2.07. The van der Waals surface area contributed by atoms with E-state index in [-0.39, 0.29) is 5.41 Å². The third-order valence-electron chi connectivity index (χ3n) is 3.18. The molecule has 94 valence electrons. The van der Waals surface area contributed by atoms with Gasteiger partial charge in [0, 0.05) is 24.5 Å². The Morgan fingerprint density at radius 3 is 2.35 bits per heavy atom. The van der Waals surface area contributed by atoms with Crippen LogP contribution in [0.25, 0.3) is 0 Å². The molecular weight excluding hydrogens is 212 g/mol. The maximum Gasteiger partial charge on any atom is 0.0642 e. The van der Waals surface area contributed by atoms with Crippen LogP contribution in [0, 0.1) is 0 Å². The molecule has 0 aromatic heterocycles. The second kappa shape index (κ2) is 4.57. The minimum Gasteiger partial charge on any atom is -0.399 e. The Morgan fingerprint density at radius 1 is 1.12 bits per heavy atom. The number of nitrogen functional groups attached to an aromatic ring is 1. The number of nitrogens with two attached hydrogens (primary N) is 1. The standard InChI is InChI=1S/C14H22N2O/c1-14(2,3)11-8-12(15)10-13(9-11)16-4-6-17-7-5-16/h8-10H,4-7,15H2,1-3H3. The lowest BCUT2D eigenvalue weighted by atomic mass is 9.86. The van der Waals surface area contributed by atoms with E-state index < -0.39 is 0 Å². The summed E-state index contributed by atoms with van der Waals surface area (Å²) in [4.78, 5) is 2.34. The Labute approximate surface area is 104 Å². The van der Waals surface area contributed by atoms with Crippen molar-refractivity contribution in [3.05, 3.63) is 23.8 Å². The monoisotopic (exact) mass is 234 g/mol. The van der Waals surface area contributed by atoms with Crippen LogP contribution < -0.4 is 10.6 Å². The molecule has 0 amide bonds. The molecule has 2 rings (SSSR count). The van der Waals surface area contributed by atoms with Crippen LogP contribution in [-0.4, -0.2) is 26.3 Å². The first-order valence-electron chi connectivity index (χ1n) is 6.20. The zero-order valence-corrected chi connectivity index (χ0v) is 11.0. The molecular formula is C14H22N2O. The predicted molar refractivity (Wildman–Crippen MR) is 72.6 cm³/mol. The van der Waals surface area contributed by atoms with E-state index in [0.717, 1.165) is 32.0 Å². The van der Waals surface area contributed by atoms with Gasteiger partial charge < -0.3 is 15.4 Å². The third kappa shape index (κ3) is 2.91. The molecule has 0 radical (unpaired) electrons. The minimum atomic E-state index is 0.135. The summed E-state index contributed by atoms with van der Waals surface area (Å²) in [5.74, 6) is 0. The summed E-state index contributed by atoms with van der Waals surface area (Å²) in [6, 6.07) is 6.38. The third-order valence-corrected chi connectivity index (χ3v) is 3.18. The van der Waals surface area contributed by atoms with Crippen LogP contribution in [0.4, 0.5) is 11.4 Å². The van der Waals surface area contributed by atoms with Crippen molar-refractivity contribution in [2.24, 2.45) is 0 Å². The molecule has 1 aliphatic rings. The Hall–Kier alpha value is -1.22. The van der Waals surface area contributed by atoms with Gasteiger partial charge in [0.05, 0.1) is 13.2 Å². The van der Waals surface area contributed by atoms with Gasteiger partial charge in [-0.25, -0.2) is 0 Å². The fraction of sp³-hybridized carbons (Fsp3) is 0.571. The number of hydrogen-bond donors (Lipinski definition) is 1. The first-order chi connectivity index (χ1) is 7.97. The highest BCUT2D eigenvalue weighted by Gasteiger charge is 2.18. The van der Waals surface area contributed by atoms with E-state index in [9.17, 15) is 0 Å². The minimum absolute atomic E-state index is 0.135. The summed E-state index contributed by atoms with van der Waals surface area (Å²) in [5.41, 5.74) is 9.50. The summed E-state index contributed by atoms with van der Waals surface area (Å²) in [7, 11) is 0. The van der Waals surface area contributed by atoms with Gasteiger partial charge in [-0.2, -0.15) is 0 Å². The highest BCUT2D eigenvalue weighted by molar-refractivity contribution is 5.59. The number of rotatable bonds is 1. The average Bonchev–Trinajstić information content (AvgIpc) is 2.28. The molecule has 0 atom stereocenters. The molecule has 1 aromatic carbocycles. The molecule has 1 heterocycles. The first kappa shape index (κ1) is 12.2. The van der Waals surface area contributed by atoms with Crippen molar-refractivity contribution in [3.63, 3.8) is 0 Å². The molecule has 1 fully saturated rings. The molecule has 17 heavy (non-hydrogen) atoms. The molecule has 0 unspecified atom stereocenters. The van der Waals surface area contributed by atoms with Gasteiger partial charge in [0.15, 0.2) is 0 Å². The fourth-order valence-corrected chi connectivity index (χ4v) is 2.07. The van der Waals surface area contributed by atoms with Crippen LogP contribution in [0.3, 0.4) is 0 Å². The number of hydrogen-bond acceptors (Lipinski definition) is 3. The maximum absolute atomic E-state index is 6.00. The predicted octanol–water partition coefficient (Wildman–Crippen LogP) is 2.40. The number of anilines is 2. The van der Waals surface area contributed by atoms with Crippen molar-refractivity contribution in [1.29, 1.82) is 0 Å². The molecule has 3 nitrogen and oxygen atoms in total. The summed E-state index contributed by atoms with van der Waals surface area (Å²) in [6.07, 6.45) is 0. The van der Waals surface area contributed by atoms with Gasteiger partial charge in [-0.3, -0.25) is 0 Å². The molecule has 1 aliphatic heterocycles. The summed E-state index contributed by atoms with van der Waals surface area (Å²) < 4.78 is 5.38. The van der Waals surface area contributed by atoms with Gasteiger partial charge in [0.1, 0.15) is 0 Å². The van der Waals surface area contributed by atoms with Crippen molar-refractivity contribution in [3.8, 4) is 0 Å². The quantitative estimate of drug-likeness (QED) is 0.758. The zero-order chi connectivity index (χ0) is 12.5. The molecule has 0 aliphatic carbocycles. The Kier molecular flexibility index (Phi) is 3.29. The summed E-state index contributed by atoms with van der Waals surface area (Å²) >= 11 is 0. The van der Waals surface area contributed by atoms with Gasteiger partial charge in [0.25, 0.3) is 0 Å². The normalized spacial score (nSPS) is 17.2. The van der Waals surface area contributed by atoms with Crippen LogP contribution in [-0.2, 0) is 10.2 Å². The van der Waals surface area contributed by atoms with E-state index in [1.54, 1.807) is 0 Å². The second-order valence-corrected chi connectivity index (χ2v) is 5.66. The lowest BCUT2D eigenvalue weighted by Crippen LogP contribution is -2.36. The topological polar surface area (TPSA) is 38.5 Å². The highest BCUT2D eigenvalue weighted by Crippen LogP contribution is 2.29. The van der Waals surface area contributed by atoms with E-state index >= 15 is 0 Å². The van der Waals surface area contributed by atoms with Gasteiger partial charge in [-0.05, 0) is 29.2 Å². The summed E-state index contributed by atoms with van der Waals surface area (Å²) in [6.45, 7) is 10.2.